The SMILES string of the molecule is CCc1cccc(C(O)c2scc(C)c2Cl)c1. The van der Waals surface area contributed by atoms with Crippen LogP contribution in [-0.4, -0.2) is 5.11 Å². The Labute approximate surface area is 111 Å². The standard InChI is InChI=1S/C14H15ClOS/c1-3-10-5-4-6-11(7-10)13(16)14-12(15)9(2)8-17-14/h4-8,13,16H,3H2,1-2H3. The molecule has 2 aromatic rings. The number of hydrogen-bond acceptors (Lipinski definition) is 2. The second-order valence-corrected chi connectivity index (χ2v) is 5.39. The molecule has 0 radical (unpaired) electrons. The predicted molar refractivity (Wildman–Crippen MR) is 73.9 cm³/mol. The van der Waals surface area contributed by atoms with Gasteiger partial charge >= 0.3 is 0 Å². The van der Waals surface area contributed by atoms with Crippen molar-refractivity contribution in [3.8, 4) is 0 Å². The molecule has 1 nitrogen and oxygen atoms in total. The van der Waals surface area contributed by atoms with Crippen LogP contribution >= 0.6 is 22.9 Å². The lowest BCUT2D eigenvalue weighted by Gasteiger charge is -2.11. The molecule has 0 aliphatic carbocycles. The molecule has 0 spiro atoms. The quantitative estimate of drug-likeness (QED) is 0.875. The van der Waals surface area contributed by atoms with Crippen LogP contribution in [0.2, 0.25) is 5.02 Å². The minimum atomic E-state index is -0.618. The first-order valence-electron chi connectivity index (χ1n) is 5.64. The average Bonchev–Trinajstić information content (AvgIpc) is 2.69. The average molecular weight is 267 g/mol. The van der Waals surface area contributed by atoms with E-state index in [-0.39, 0.29) is 0 Å². The Hall–Kier alpha value is -0.830. The second-order valence-electron chi connectivity index (χ2n) is 4.10. The first kappa shape index (κ1) is 12.6. The molecule has 0 bridgehead atoms. The van der Waals surface area contributed by atoms with Crippen LogP contribution in [0.15, 0.2) is 29.6 Å². The van der Waals surface area contributed by atoms with Crippen LogP contribution in [0.4, 0.5) is 0 Å². The van der Waals surface area contributed by atoms with Gasteiger partial charge in [0.05, 0.1) is 9.90 Å². The third-order valence-electron chi connectivity index (χ3n) is 2.85. The van der Waals surface area contributed by atoms with Gasteiger partial charge in [-0.05, 0) is 35.4 Å². The van der Waals surface area contributed by atoms with Crippen molar-refractivity contribution in [1.29, 1.82) is 0 Å². The van der Waals surface area contributed by atoms with Gasteiger partial charge in [0.1, 0.15) is 6.10 Å². The van der Waals surface area contributed by atoms with Gasteiger partial charge in [0.25, 0.3) is 0 Å². The van der Waals surface area contributed by atoms with Gasteiger partial charge in [-0.15, -0.1) is 11.3 Å². The molecule has 0 saturated carbocycles. The number of aliphatic hydroxyl groups is 1. The van der Waals surface area contributed by atoms with Crippen molar-refractivity contribution in [3.05, 3.63) is 56.2 Å². The molecule has 0 amide bonds. The highest BCUT2D eigenvalue weighted by atomic mass is 35.5. The van der Waals surface area contributed by atoms with E-state index >= 15 is 0 Å². The summed E-state index contributed by atoms with van der Waals surface area (Å²) in [4.78, 5) is 0.831. The molecule has 1 atom stereocenters. The van der Waals surface area contributed by atoms with E-state index in [0.29, 0.717) is 5.02 Å². The van der Waals surface area contributed by atoms with Crippen molar-refractivity contribution < 1.29 is 5.11 Å². The zero-order chi connectivity index (χ0) is 12.4. The van der Waals surface area contributed by atoms with E-state index in [1.54, 1.807) is 0 Å². The Morgan fingerprint density at radius 2 is 2.18 bits per heavy atom. The number of benzene rings is 1. The van der Waals surface area contributed by atoms with Crippen LogP contribution in [0.25, 0.3) is 0 Å². The third kappa shape index (κ3) is 2.54. The molecule has 2 rings (SSSR count). The van der Waals surface area contributed by atoms with E-state index in [1.165, 1.54) is 16.9 Å². The topological polar surface area (TPSA) is 20.2 Å². The molecule has 3 heteroatoms. The molecule has 90 valence electrons. The largest absolute Gasteiger partial charge is 0.383 e. The van der Waals surface area contributed by atoms with E-state index in [4.69, 9.17) is 11.6 Å². The number of hydrogen-bond donors (Lipinski definition) is 1. The monoisotopic (exact) mass is 266 g/mol. The lowest BCUT2D eigenvalue weighted by atomic mass is 10.0. The maximum Gasteiger partial charge on any atom is 0.115 e. The zero-order valence-corrected chi connectivity index (χ0v) is 11.5. The molecule has 1 aromatic carbocycles. The first-order chi connectivity index (χ1) is 8.13. The van der Waals surface area contributed by atoms with Gasteiger partial charge in [-0.25, -0.2) is 0 Å². The summed E-state index contributed by atoms with van der Waals surface area (Å²) in [5.41, 5.74) is 3.16. The van der Waals surface area contributed by atoms with Gasteiger partial charge < -0.3 is 5.11 Å². The lowest BCUT2D eigenvalue weighted by molar-refractivity contribution is 0.224. The highest BCUT2D eigenvalue weighted by Gasteiger charge is 2.17. The van der Waals surface area contributed by atoms with Crippen LogP contribution in [0, 0.1) is 6.92 Å². The predicted octanol–water partition coefficient (Wildman–Crippen LogP) is 4.35. The maximum atomic E-state index is 10.3. The number of rotatable bonds is 3. The Morgan fingerprint density at radius 3 is 2.76 bits per heavy atom. The summed E-state index contributed by atoms with van der Waals surface area (Å²) in [5, 5.41) is 13.0. The van der Waals surface area contributed by atoms with Crippen molar-refractivity contribution >= 4 is 22.9 Å². The smallest absolute Gasteiger partial charge is 0.115 e. The van der Waals surface area contributed by atoms with Crippen LogP contribution in [0.5, 0.6) is 0 Å². The van der Waals surface area contributed by atoms with Crippen molar-refractivity contribution in [2.24, 2.45) is 0 Å². The van der Waals surface area contributed by atoms with E-state index in [2.05, 4.69) is 13.0 Å². The Kier molecular flexibility index (Phi) is 3.87. The van der Waals surface area contributed by atoms with Crippen LogP contribution in [-0.2, 0) is 6.42 Å². The molecular formula is C14H15ClOS. The molecule has 1 unspecified atom stereocenters. The minimum Gasteiger partial charge on any atom is -0.383 e. The Morgan fingerprint density at radius 1 is 1.41 bits per heavy atom. The molecule has 0 saturated heterocycles. The van der Waals surface area contributed by atoms with Crippen molar-refractivity contribution in [2.45, 2.75) is 26.4 Å². The highest BCUT2D eigenvalue weighted by Crippen LogP contribution is 2.35. The first-order valence-corrected chi connectivity index (χ1v) is 6.89. The van der Waals surface area contributed by atoms with Gasteiger partial charge in [0.15, 0.2) is 0 Å². The molecule has 0 aliphatic heterocycles. The number of halogens is 1. The number of aliphatic hydroxyl groups excluding tert-OH is 1. The molecule has 17 heavy (non-hydrogen) atoms. The molecule has 0 fully saturated rings. The van der Waals surface area contributed by atoms with E-state index < -0.39 is 6.10 Å². The minimum absolute atomic E-state index is 0.618. The van der Waals surface area contributed by atoms with Gasteiger partial charge in [-0.2, -0.15) is 0 Å². The molecule has 1 aromatic heterocycles. The maximum absolute atomic E-state index is 10.3. The Bertz CT molecular complexity index is 519. The Balaban J connectivity index is 2.36. The van der Waals surface area contributed by atoms with Crippen molar-refractivity contribution in [2.75, 3.05) is 0 Å². The van der Waals surface area contributed by atoms with E-state index in [0.717, 1.165) is 22.4 Å². The molecule has 1 heterocycles. The fraction of sp³-hybridized carbons (Fsp3) is 0.286. The van der Waals surface area contributed by atoms with E-state index in [9.17, 15) is 5.11 Å². The van der Waals surface area contributed by atoms with Gasteiger partial charge in [0.2, 0.25) is 0 Å². The fourth-order valence-electron chi connectivity index (χ4n) is 1.77. The molecule has 1 N–H and O–H groups in total. The highest BCUT2D eigenvalue weighted by molar-refractivity contribution is 7.10. The lowest BCUT2D eigenvalue weighted by Crippen LogP contribution is -1.98. The summed E-state index contributed by atoms with van der Waals surface area (Å²) >= 11 is 7.69. The van der Waals surface area contributed by atoms with Crippen LogP contribution in [0.1, 0.15) is 34.6 Å². The molecule has 0 aliphatic rings. The fourth-order valence-corrected chi connectivity index (χ4v) is 3.08. The summed E-state index contributed by atoms with van der Waals surface area (Å²) in [6.45, 7) is 4.06. The van der Waals surface area contributed by atoms with Crippen LogP contribution < -0.4 is 0 Å². The number of aryl methyl sites for hydroxylation is 2. The summed E-state index contributed by atoms with van der Waals surface area (Å²) in [5.74, 6) is 0. The summed E-state index contributed by atoms with van der Waals surface area (Å²) in [6.07, 6.45) is 0.352. The van der Waals surface area contributed by atoms with Gasteiger partial charge in [-0.3, -0.25) is 0 Å². The van der Waals surface area contributed by atoms with Crippen molar-refractivity contribution in [3.63, 3.8) is 0 Å². The second kappa shape index (κ2) is 5.21. The van der Waals surface area contributed by atoms with Crippen LogP contribution in [0.3, 0.4) is 0 Å². The summed E-state index contributed by atoms with van der Waals surface area (Å²) in [7, 11) is 0. The third-order valence-corrected chi connectivity index (χ3v) is 4.62. The van der Waals surface area contributed by atoms with Gasteiger partial charge in [-0.1, -0.05) is 42.8 Å². The zero-order valence-electron chi connectivity index (χ0n) is 9.90. The van der Waals surface area contributed by atoms with Crippen molar-refractivity contribution in [1.82, 2.24) is 0 Å². The van der Waals surface area contributed by atoms with E-state index in [1.807, 2.05) is 30.5 Å². The molecular weight excluding hydrogens is 252 g/mol. The normalized spacial score (nSPS) is 12.7. The summed E-state index contributed by atoms with van der Waals surface area (Å²) in [6, 6.07) is 8.02. The van der Waals surface area contributed by atoms with Gasteiger partial charge in [0, 0.05) is 0 Å². The summed E-state index contributed by atoms with van der Waals surface area (Å²) < 4.78 is 0. The number of thiophene rings is 1.